The molecule has 3 nitrogen and oxygen atoms in total. The zero-order valence-corrected chi connectivity index (χ0v) is 13.7. The van der Waals surface area contributed by atoms with E-state index < -0.39 is 0 Å². The fourth-order valence-corrected chi connectivity index (χ4v) is 3.35. The van der Waals surface area contributed by atoms with E-state index in [4.69, 9.17) is 5.73 Å². The molecule has 3 N–H and O–H groups in total. The molecule has 2 aromatic carbocycles. The normalized spacial score (nSPS) is 10.8. The molecule has 21 heavy (non-hydrogen) atoms. The van der Waals surface area contributed by atoms with Crippen LogP contribution in [-0.2, 0) is 0 Å². The van der Waals surface area contributed by atoms with E-state index in [2.05, 4.69) is 21.2 Å². The van der Waals surface area contributed by atoms with Crippen LogP contribution in [0.5, 0.6) is 0 Å². The molecular weight excluding hydrogens is 348 g/mol. The summed E-state index contributed by atoms with van der Waals surface area (Å²) >= 11 is 4.93. The predicted octanol–water partition coefficient (Wildman–Crippen LogP) is 4.81. The highest BCUT2D eigenvalue weighted by atomic mass is 79.9. The number of aryl methyl sites for hydroxylation is 1. The van der Waals surface area contributed by atoms with Gasteiger partial charge < -0.3 is 11.1 Å². The second-order valence-electron chi connectivity index (χ2n) is 4.83. The molecule has 0 unspecified atom stereocenters. The van der Waals surface area contributed by atoms with Crippen molar-refractivity contribution in [3.8, 4) is 0 Å². The number of benzene rings is 2. The van der Waals surface area contributed by atoms with Gasteiger partial charge in [0.05, 0.1) is 4.88 Å². The van der Waals surface area contributed by atoms with Gasteiger partial charge in [0.2, 0.25) is 0 Å². The van der Waals surface area contributed by atoms with E-state index in [-0.39, 0.29) is 5.91 Å². The van der Waals surface area contributed by atoms with Crippen molar-refractivity contribution in [1.82, 2.24) is 0 Å². The summed E-state index contributed by atoms with van der Waals surface area (Å²) in [4.78, 5) is 13.0. The van der Waals surface area contributed by atoms with E-state index >= 15 is 0 Å². The first-order valence-corrected chi connectivity index (χ1v) is 8.00. The lowest BCUT2D eigenvalue weighted by Gasteiger charge is -2.05. The van der Waals surface area contributed by atoms with Crippen LogP contribution >= 0.6 is 27.3 Å². The largest absolute Gasteiger partial charge is 0.399 e. The van der Waals surface area contributed by atoms with Crippen molar-refractivity contribution in [1.29, 1.82) is 0 Å². The number of nitrogen functional groups attached to an aromatic ring is 1. The van der Waals surface area contributed by atoms with Gasteiger partial charge in [-0.3, -0.25) is 4.79 Å². The Morgan fingerprint density at radius 2 is 2.00 bits per heavy atom. The average Bonchev–Trinajstić information content (AvgIpc) is 2.86. The minimum Gasteiger partial charge on any atom is -0.399 e. The maximum absolute atomic E-state index is 12.3. The van der Waals surface area contributed by atoms with Gasteiger partial charge in [0.25, 0.3) is 5.91 Å². The SMILES string of the molecule is Cc1ccc(NC(=O)c2cc3cc(N)ccc3s2)cc1Br. The standard InChI is InChI=1S/C16H13BrN2OS/c1-9-2-4-12(8-13(9)17)19-16(20)15-7-10-6-11(18)3-5-14(10)21-15/h2-8H,18H2,1H3,(H,19,20). The van der Waals surface area contributed by atoms with Crippen LogP contribution in [0.1, 0.15) is 15.2 Å². The second-order valence-corrected chi connectivity index (χ2v) is 6.76. The first-order valence-electron chi connectivity index (χ1n) is 6.39. The van der Waals surface area contributed by atoms with Gasteiger partial charge in [0, 0.05) is 20.5 Å². The van der Waals surface area contributed by atoms with E-state index in [1.165, 1.54) is 11.3 Å². The van der Waals surface area contributed by atoms with Crippen LogP contribution in [0.3, 0.4) is 0 Å². The van der Waals surface area contributed by atoms with Crippen LogP contribution in [0.2, 0.25) is 0 Å². The number of halogens is 1. The maximum atomic E-state index is 12.3. The molecule has 1 amide bonds. The van der Waals surface area contributed by atoms with Gasteiger partial charge in [-0.05, 0) is 54.3 Å². The van der Waals surface area contributed by atoms with Crippen LogP contribution in [-0.4, -0.2) is 5.91 Å². The lowest BCUT2D eigenvalue weighted by atomic mass is 10.2. The second kappa shape index (κ2) is 5.50. The molecule has 5 heteroatoms. The minimum atomic E-state index is -0.106. The third-order valence-corrected chi connectivity index (χ3v) is 5.16. The Hall–Kier alpha value is -1.85. The van der Waals surface area contributed by atoms with E-state index in [0.29, 0.717) is 10.6 Å². The molecule has 106 valence electrons. The Morgan fingerprint density at radius 1 is 1.19 bits per heavy atom. The molecule has 0 radical (unpaired) electrons. The van der Waals surface area contributed by atoms with E-state index in [9.17, 15) is 4.79 Å². The molecule has 1 heterocycles. The Kier molecular flexibility index (Phi) is 3.69. The number of fused-ring (bicyclic) bond motifs is 1. The van der Waals surface area contributed by atoms with Crippen molar-refractivity contribution in [3.05, 3.63) is 57.4 Å². The van der Waals surface area contributed by atoms with Gasteiger partial charge in [-0.1, -0.05) is 22.0 Å². The number of nitrogens with two attached hydrogens (primary N) is 1. The number of nitrogens with one attached hydrogen (secondary N) is 1. The van der Waals surface area contributed by atoms with Crippen molar-refractivity contribution in [3.63, 3.8) is 0 Å². The summed E-state index contributed by atoms with van der Waals surface area (Å²) in [5, 5.41) is 3.91. The molecule has 0 aliphatic rings. The molecule has 3 aromatic rings. The van der Waals surface area contributed by atoms with Gasteiger partial charge in [0.15, 0.2) is 0 Å². The highest BCUT2D eigenvalue weighted by Crippen LogP contribution is 2.28. The van der Waals surface area contributed by atoms with E-state index in [0.717, 1.165) is 25.8 Å². The molecule has 0 bridgehead atoms. The van der Waals surface area contributed by atoms with Crippen molar-refractivity contribution < 1.29 is 4.79 Å². The minimum absolute atomic E-state index is 0.106. The van der Waals surface area contributed by atoms with Crippen LogP contribution in [0, 0.1) is 6.92 Å². The summed E-state index contributed by atoms with van der Waals surface area (Å²) in [7, 11) is 0. The Morgan fingerprint density at radius 3 is 2.76 bits per heavy atom. The summed E-state index contributed by atoms with van der Waals surface area (Å²) in [6, 6.07) is 13.3. The molecule has 0 aliphatic heterocycles. The molecule has 0 fully saturated rings. The van der Waals surface area contributed by atoms with E-state index in [1.54, 1.807) is 0 Å². The number of thiophene rings is 1. The number of anilines is 2. The molecule has 1 aromatic heterocycles. The van der Waals surface area contributed by atoms with Crippen molar-refractivity contribution in [2.45, 2.75) is 6.92 Å². The van der Waals surface area contributed by atoms with Gasteiger partial charge in [0.1, 0.15) is 0 Å². The number of amides is 1. The topological polar surface area (TPSA) is 55.1 Å². The Labute approximate surface area is 134 Å². The lowest BCUT2D eigenvalue weighted by molar-refractivity contribution is 0.103. The quantitative estimate of drug-likeness (QED) is 0.644. The van der Waals surface area contributed by atoms with Crippen molar-refractivity contribution >= 4 is 54.6 Å². The Balaban J connectivity index is 1.87. The predicted molar refractivity (Wildman–Crippen MR) is 93.1 cm³/mol. The highest BCUT2D eigenvalue weighted by molar-refractivity contribution is 9.10. The zero-order valence-electron chi connectivity index (χ0n) is 11.3. The zero-order chi connectivity index (χ0) is 15.0. The van der Waals surface area contributed by atoms with Gasteiger partial charge in [-0.25, -0.2) is 0 Å². The molecule has 3 rings (SSSR count). The fourth-order valence-electron chi connectivity index (χ4n) is 2.04. The molecule has 0 atom stereocenters. The molecular formula is C16H13BrN2OS. The maximum Gasteiger partial charge on any atom is 0.265 e. The van der Waals surface area contributed by atoms with Crippen LogP contribution in [0.4, 0.5) is 11.4 Å². The molecule has 0 aliphatic carbocycles. The van der Waals surface area contributed by atoms with E-state index in [1.807, 2.05) is 49.4 Å². The number of rotatable bonds is 2. The van der Waals surface area contributed by atoms with Crippen LogP contribution in [0.25, 0.3) is 10.1 Å². The monoisotopic (exact) mass is 360 g/mol. The lowest BCUT2D eigenvalue weighted by Crippen LogP contribution is -2.09. The van der Waals surface area contributed by atoms with Crippen LogP contribution in [0.15, 0.2) is 46.9 Å². The first kappa shape index (κ1) is 14.1. The summed E-state index contributed by atoms with van der Waals surface area (Å²) in [5.41, 5.74) is 8.37. The number of carbonyl (C=O) groups is 1. The summed E-state index contributed by atoms with van der Waals surface area (Å²) in [6.07, 6.45) is 0. The smallest absolute Gasteiger partial charge is 0.265 e. The third-order valence-electron chi connectivity index (χ3n) is 3.19. The first-order chi connectivity index (χ1) is 10.0. The highest BCUT2D eigenvalue weighted by Gasteiger charge is 2.11. The van der Waals surface area contributed by atoms with Gasteiger partial charge in [-0.2, -0.15) is 0 Å². The fraction of sp³-hybridized carbons (Fsp3) is 0.0625. The third kappa shape index (κ3) is 2.94. The molecule has 0 saturated carbocycles. The average molecular weight is 361 g/mol. The Bertz CT molecular complexity index is 841. The summed E-state index contributed by atoms with van der Waals surface area (Å²) in [6.45, 7) is 2.01. The number of carbonyl (C=O) groups excluding carboxylic acids is 1. The van der Waals surface area contributed by atoms with Gasteiger partial charge >= 0.3 is 0 Å². The molecule has 0 spiro atoms. The van der Waals surface area contributed by atoms with Crippen LogP contribution < -0.4 is 11.1 Å². The summed E-state index contributed by atoms with van der Waals surface area (Å²) in [5.74, 6) is -0.106. The number of hydrogen-bond donors (Lipinski definition) is 2. The van der Waals surface area contributed by atoms with Crippen molar-refractivity contribution in [2.75, 3.05) is 11.1 Å². The number of hydrogen-bond acceptors (Lipinski definition) is 3. The summed E-state index contributed by atoms with van der Waals surface area (Å²) < 4.78 is 2.03. The molecule has 0 saturated heterocycles. The van der Waals surface area contributed by atoms with Gasteiger partial charge in [-0.15, -0.1) is 11.3 Å². The van der Waals surface area contributed by atoms with Crippen molar-refractivity contribution in [2.24, 2.45) is 0 Å².